The molecule has 1 heterocycles. The SMILES string of the molecule is CCC1NC(=O)CC(C)N(CCCS(C)(=O)=O)C1=O. The number of hydrogen-bond donors (Lipinski definition) is 1. The molecule has 0 bridgehead atoms. The monoisotopic (exact) mass is 290 g/mol. The number of carbonyl (C=O) groups excluding carboxylic acids is 2. The Morgan fingerprint density at radius 3 is 2.53 bits per heavy atom. The van der Waals surface area contributed by atoms with Gasteiger partial charge in [-0.25, -0.2) is 8.42 Å². The van der Waals surface area contributed by atoms with E-state index in [2.05, 4.69) is 5.32 Å². The van der Waals surface area contributed by atoms with Crippen molar-refractivity contribution in [1.29, 1.82) is 0 Å². The Morgan fingerprint density at radius 1 is 1.37 bits per heavy atom. The molecule has 2 unspecified atom stereocenters. The fraction of sp³-hybridized carbons (Fsp3) is 0.833. The summed E-state index contributed by atoms with van der Waals surface area (Å²) in [7, 11) is -3.02. The van der Waals surface area contributed by atoms with E-state index in [0.29, 0.717) is 19.4 Å². The molecular weight excluding hydrogens is 268 g/mol. The Morgan fingerprint density at radius 2 is 2.00 bits per heavy atom. The van der Waals surface area contributed by atoms with Crippen LogP contribution in [0.4, 0.5) is 0 Å². The van der Waals surface area contributed by atoms with E-state index >= 15 is 0 Å². The lowest BCUT2D eigenvalue weighted by molar-refractivity contribution is -0.135. The zero-order chi connectivity index (χ0) is 14.6. The van der Waals surface area contributed by atoms with Gasteiger partial charge in [-0.2, -0.15) is 0 Å². The van der Waals surface area contributed by atoms with Crippen LogP contribution in [-0.2, 0) is 19.4 Å². The van der Waals surface area contributed by atoms with E-state index in [1.54, 1.807) is 4.90 Å². The van der Waals surface area contributed by atoms with Crippen LogP contribution in [-0.4, -0.2) is 55.8 Å². The van der Waals surface area contributed by atoms with E-state index in [9.17, 15) is 18.0 Å². The van der Waals surface area contributed by atoms with Gasteiger partial charge in [0.05, 0.1) is 5.75 Å². The molecule has 2 atom stereocenters. The standard InChI is InChI=1S/C12H22N2O4S/c1-4-10-12(16)14(6-5-7-19(3,17)18)9(2)8-11(15)13-10/h9-10H,4-8H2,1-3H3,(H,13,15). The molecule has 7 heteroatoms. The maximum absolute atomic E-state index is 12.2. The van der Waals surface area contributed by atoms with Crippen LogP contribution < -0.4 is 5.32 Å². The molecule has 19 heavy (non-hydrogen) atoms. The highest BCUT2D eigenvalue weighted by Crippen LogP contribution is 2.13. The van der Waals surface area contributed by atoms with Crippen LogP contribution >= 0.6 is 0 Å². The molecule has 1 saturated heterocycles. The predicted molar refractivity (Wildman–Crippen MR) is 72.3 cm³/mol. The zero-order valence-corrected chi connectivity index (χ0v) is 12.5. The van der Waals surface area contributed by atoms with E-state index in [1.165, 1.54) is 6.26 Å². The second-order valence-electron chi connectivity index (χ2n) is 5.10. The Balaban J connectivity index is 2.72. The molecule has 110 valence electrons. The van der Waals surface area contributed by atoms with E-state index in [-0.39, 0.29) is 30.0 Å². The van der Waals surface area contributed by atoms with Crippen molar-refractivity contribution in [3.63, 3.8) is 0 Å². The van der Waals surface area contributed by atoms with Crippen molar-refractivity contribution in [2.45, 2.75) is 45.2 Å². The highest BCUT2D eigenvalue weighted by atomic mass is 32.2. The summed E-state index contributed by atoms with van der Waals surface area (Å²) in [4.78, 5) is 25.5. The quantitative estimate of drug-likeness (QED) is 0.768. The minimum atomic E-state index is -3.02. The van der Waals surface area contributed by atoms with Gasteiger partial charge in [0, 0.05) is 25.3 Å². The second-order valence-corrected chi connectivity index (χ2v) is 7.36. The number of amides is 2. The molecule has 0 spiro atoms. The molecule has 0 aromatic heterocycles. The van der Waals surface area contributed by atoms with Gasteiger partial charge in [0.15, 0.2) is 0 Å². The molecule has 0 radical (unpaired) electrons. The zero-order valence-electron chi connectivity index (χ0n) is 11.7. The average molecular weight is 290 g/mol. The highest BCUT2D eigenvalue weighted by molar-refractivity contribution is 7.90. The van der Waals surface area contributed by atoms with Crippen LogP contribution in [0.5, 0.6) is 0 Å². The second kappa shape index (κ2) is 6.36. The number of rotatable bonds is 5. The van der Waals surface area contributed by atoms with Crippen LogP contribution in [0.25, 0.3) is 0 Å². The Labute approximate surface area is 114 Å². The fourth-order valence-electron chi connectivity index (χ4n) is 2.22. The summed E-state index contributed by atoms with van der Waals surface area (Å²) in [5.74, 6) is -0.186. The Hall–Kier alpha value is -1.11. The van der Waals surface area contributed by atoms with Crippen LogP contribution in [0.15, 0.2) is 0 Å². The van der Waals surface area contributed by atoms with Gasteiger partial charge >= 0.3 is 0 Å². The van der Waals surface area contributed by atoms with Crippen molar-refractivity contribution in [2.75, 3.05) is 18.6 Å². The van der Waals surface area contributed by atoms with Gasteiger partial charge in [-0.15, -0.1) is 0 Å². The molecule has 0 aromatic carbocycles. The van der Waals surface area contributed by atoms with Gasteiger partial charge < -0.3 is 10.2 Å². The lowest BCUT2D eigenvalue weighted by atomic mass is 10.1. The van der Waals surface area contributed by atoms with Crippen molar-refractivity contribution in [1.82, 2.24) is 10.2 Å². The third kappa shape index (κ3) is 4.81. The van der Waals surface area contributed by atoms with Crippen molar-refractivity contribution >= 4 is 21.7 Å². The van der Waals surface area contributed by atoms with Crippen molar-refractivity contribution < 1.29 is 18.0 Å². The summed E-state index contributed by atoms with van der Waals surface area (Å²) < 4.78 is 22.2. The highest BCUT2D eigenvalue weighted by Gasteiger charge is 2.32. The predicted octanol–water partition coefficient (Wildman–Crippen LogP) is -0.0633. The molecular formula is C12H22N2O4S. The van der Waals surface area contributed by atoms with E-state index in [1.807, 2.05) is 13.8 Å². The molecule has 1 rings (SSSR count). The molecule has 1 aliphatic rings. The van der Waals surface area contributed by atoms with Gasteiger partial charge in [0.1, 0.15) is 15.9 Å². The van der Waals surface area contributed by atoms with Crippen LogP contribution in [0.3, 0.4) is 0 Å². The lowest BCUT2D eigenvalue weighted by Gasteiger charge is -2.28. The normalized spacial score (nSPS) is 25.1. The molecule has 2 amide bonds. The number of nitrogens with one attached hydrogen (secondary N) is 1. The van der Waals surface area contributed by atoms with Crippen molar-refractivity contribution in [2.24, 2.45) is 0 Å². The first kappa shape index (κ1) is 15.9. The minimum Gasteiger partial charge on any atom is -0.344 e. The topological polar surface area (TPSA) is 83.6 Å². The smallest absolute Gasteiger partial charge is 0.245 e. The summed E-state index contributed by atoms with van der Waals surface area (Å²) in [5, 5.41) is 2.70. The first-order chi connectivity index (χ1) is 8.74. The van der Waals surface area contributed by atoms with Gasteiger partial charge in [0.2, 0.25) is 11.8 Å². The van der Waals surface area contributed by atoms with Gasteiger partial charge in [0.25, 0.3) is 0 Å². The summed E-state index contributed by atoms with van der Waals surface area (Å²) in [6, 6.07) is -0.681. The van der Waals surface area contributed by atoms with Crippen LogP contribution in [0, 0.1) is 0 Å². The first-order valence-corrected chi connectivity index (χ1v) is 8.58. The lowest BCUT2D eigenvalue weighted by Crippen LogP contribution is -2.46. The van der Waals surface area contributed by atoms with E-state index in [0.717, 1.165) is 0 Å². The average Bonchev–Trinajstić information content (AvgIpc) is 2.37. The largest absolute Gasteiger partial charge is 0.344 e. The minimum absolute atomic E-state index is 0.0572. The van der Waals surface area contributed by atoms with E-state index in [4.69, 9.17) is 0 Å². The molecule has 1 aliphatic heterocycles. The number of nitrogens with zero attached hydrogens (tertiary/aromatic N) is 1. The number of hydrogen-bond acceptors (Lipinski definition) is 4. The molecule has 6 nitrogen and oxygen atoms in total. The molecule has 0 aromatic rings. The van der Waals surface area contributed by atoms with Gasteiger partial charge in [-0.1, -0.05) is 6.92 Å². The van der Waals surface area contributed by atoms with E-state index < -0.39 is 15.9 Å². The molecule has 0 aliphatic carbocycles. The molecule has 1 fully saturated rings. The Kier molecular flexibility index (Phi) is 5.34. The molecule has 0 saturated carbocycles. The number of sulfone groups is 1. The first-order valence-electron chi connectivity index (χ1n) is 6.52. The molecule has 1 N–H and O–H groups in total. The van der Waals surface area contributed by atoms with Crippen molar-refractivity contribution in [3.8, 4) is 0 Å². The number of carbonyl (C=O) groups is 2. The van der Waals surface area contributed by atoms with Crippen molar-refractivity contribution in [3.05, 3.63) is 0 Å². The summed E-state index contributed by atoms with van der Waals surface area (Å²) >= 11 is 0. The van der Waals surface area contributed by atoms with Crippen LogP contribution in [0.2, 0.25) is 0 Å². The fourth-order valence-corrected chi connectivity index (χ4v) is 2.87. The summed E-state index contributed by atoms with van der Waals surface area (Å²) in [6.45, 7) is 4.03. The third-order valence-electron chi connectivity index (χ3n) is 3.25. The van der Waals surface area contributed by atoms with Crippen LogP contribution in [0.1, 0.15) is 33.1 Å². The summed E-state index contributed by atoms with van der Waals surface area (Å²) in [5.41, 5.74) is 0. The Bertz CT molecular complexity index is 447. The van der Waals surface area contributed by atoms with Gasteiger partial charge in [-0.05, 0) is 19.8 Å². The van der Waals surface area contributed by atoms with Gasteiger partial charge in [-0.3, -0.25) is 9.59 Å². The third-order valence-corrected chi connectivity index (χ3v) is 4.28. The summed E-state index contributed by atoms with van der Waals surface area (Å²) in [6.07, 6.45) is 2.39. The maximum atomic E-state index is 12.2. The maximum Gasteiger partial charge on any atom is 0.245 e.